The van der Waals surface area contributed by atoms with Crippen LogP contribution >= 0.6 is 11.3 Å². The Labute approximate surface area is 187 Å². The van der Waals surface area contributed by atoms with E-state index in [0.717, 1.165) is 15.3 Å². The number of anilines is 1. The molecule has 0 aliphatic carbocycles. The predicted octanol–water partition coefficient (Wildman–Crippen LogP) is 4.12. The average Bonchev–Trinajstić information content (AvgIpc) is 3.17. The lowest BCUT2D eigenvalue weighted by Crippen LogP contribution is -2.54. The Bertz CT molecular complexity index is 1140. The van der Waals surface area contributed by atoms with Gasteiger partial charge in [-0.05, 0) is 54.3 Å². The van der Waals surface area contributed by atoms with Crippen LogP contribution in [0.5, 0.6) is 0 Å². The second-order valence-corrected chi connectivity index (χ2v) is 9.75. The van der Waals surface area contributed by atoms with E-state index < -0.39 is 16.3 Å². The van der Waals surface area contributed by atoms with E-state index in [9.17, 15) is 17.9 Å². The standard InChI is InChI=1S/C22H24FN3O3S2/c1-3-20(31(28)29)16-6-4-5-7-17(16)21(27)26-11-10-25(13-14(26)2)22-24-18-9-8-15(23)12-19(18)30-22/h4-9,12,14,20H,3,10-11,13H2,1-2H3,(H,28,29)/p-1/t14-,20?/m0/s1. The van der Waals surface area contributed by atoms with E-state index in [0.29, 0.717) is 37.2 Å². The molecular weight excluding hydrogens is 437 g/mol. The molecule has 3 atom stereocenters. The van der Waals surface area contributed by atoms with Crippen LogP contribution in [0.4, 0.5) is 9.52 Å². The molecule has 2 aromatic carbocycles. The van der Waals surface area contributed by atoms with Crippen molar-refractivity contribution in [2.24, 2.45) is 0 Å². The second kappa shape index (κ2) is 9.02. The number of nitrogens with zero attached hydrogens (tertiary/aromatic N) is 3. The van der Waals surface area contributed by atoms with Gasteiger partial charge in [-0.15, -0.1) is 0 Å². The fourth-order valence-corrected chi connectivity index (χ4v) is 5.75. The number of piperazine rings is 1. The van der Waals surface area contributed by atoms with Gasteiger partial charge in [-0.1, -0.05) is 36.5 Å². The van der Waals surface area contributed by atoms with Crippen LogP contribution in [0.25, 0.3) is 10.2 Å². The van der Waals surface area contributed by atoms with Crippen molar-refractivity contribution >= 4 is 43.7 Å². The van der Waals surface area contributed by atoms with E-state index in [1.165, 1.54) is 23.5 Å². The number of hydrogen-bond donors (Lipinski definition) is 0. The largest absolute Gasteiger partial charge is 0.772 e. The van der Waals surface area contributed by atoms with Crippen molar-refractivity contribution in [2.75, 3.05) is 24.5 Å². The third kappa shape index (κ3) is 4.35. The second-order valence-electron chi connectivity index (χ2n) is 7.65. The number of aromatic nitrogens is 1. The van der Waals surface area contributed by atoms with Crippen molar-refractivity contribution in [1.82, 2.24) is 9.88 Å². The molecular formula is C22H23FN3O3S2-. The lowest BCUT2D eigenvalue weighted by atomic mass is 10.0. The summed E-state index contributed by atoms with van der Waals surface area (Å²) in [5.74, 6) is -0.437. The Morgan fingerprint density at radius 3 is 2.81 bits per heavy atom. The maximum absolute atomic E-state index is 13.5. The Morgan fingerprint density at radius 2 is 2.10 bits per heavy atom. The van der Waals surface area contributed by atoms with Gasteiger partial charge in [-0.2, -0.15) is 0 Å². The van der Waals surface area contributed by atoms with E-state index in [1.54, 1.807) is 42.2 Å². The van der Waals surface area contributed by atoms with Crippen LogP contribution < -0.4 is 4.90 Å². The summed E-state index contributed by atoms with van der Waals surface area (Å²) in [4.78, 5) is 21.9. The smallest absolute Gasteiger partial charge is 0.254 e. The first-order valence-electron chi connectivity index (χ1n) is 10.2. The van der Waals surface area contributed by atoms with Gasteiger partial charge in [0, 0.05) is 36.5 Å². The summed E-state index contributed by atoms with van der Waals surface area (Å²) in [5.41, 5.74) is 1.75. The molecule has 2 unspecified atom stereocenters. The summed E-state index contributed by atoms with van der Waals surface area (Å²) < 4.78 is 37.7. The van der Waals surface area contributed by atoms with Crippen LogP contribution in [0, 0.1) is 5.82 Å². The Kier molecular flexibility index (Phi) is 6.36. The molecule has 0 bridgehead atoms. The van der Waals surface area contributed by atoms with E-state index in [2.05, 4.69) is 9.88 Å². The van der Waals surface area contributed by atoms with E-state index >= 15 is 0 Å². The minimum absolute atomic E-state index is 0.0871. The van der Waals surface area contributed by atoms with Crippen molar-refractivity contribution < 1.29 is 17.9 Å². The average molecular weight is 461 g/mol. The SMILES string of the molecule is CCC(c1ccccc1C(=O)N1CCN(c2nc3ccc(F)cc3s2)C[C@@H]1C)S(=O)[O-]. The van der Waals surface area contributed by atoms with Crippen LogP contribution in [0.2, 0.25) is 0 Å². The normalized spacial score (nSPS) is 18.9. The molecule has 6 nitrogen and oxygen atoms in total. The number of rotatable bonds is 5. The van der Waals surface area contributed by atoms with Gasteiger partial charge in [0.15, 0.2) is 5.13 Å². The highest BCUT2D eigenvalue weighted by Crippen LogP contribution is 2.32. The molecule has 0 radical (unpaired) electrons. The van der Waals surface area contributed by atoms with Crippen molar-refractivity contribution in [3.8, 4) is 0 Å². The van der Waals surface area contributed by atoms with Crippen molar-refractivity contribution in [1.29, 1.82) is 0 Å². The summed E-state index contributed by atoms with van der Waals surface area (Å²) >= 11 is -0.856. The number of amides is 1. The quantitative estimate of drug-likeness (QED) is 0.536. The minimum atomic E-state index is -2.30. The zero-order valence-electron chi connectivity index (χ0n) is 17.3. The number of benzene rings is 2. The third-order valence-corrected chi connectivity index (χ3v) is 7.77. The molecule has 31 heavy (non-hydrogen) atoms. The first kappa shape index (κ1) is 21.9. The zero-order chi connectivity index (χ0) is 22.1. The van der Waals surface area contributed by atoms with Gasteiger partial charge in [0.2, 0.25) is 0 Å². The fourth-order valence-electron chi connectivity index (χ4n) is 4.04. The summed E-state index contributed by atoms with van der Waals surface area (Å²) in [6, 6.07) is 11.4. The molecule has 1 aliphatic heterocycles. The predicted molar refractivity (Wildman–Crippen MR) is 121 cm³/mol. The lowest BCUT2D eigenvalue weighted by molar-refractivity contribution is 0.0673. The van der Waals surface area contributed by atoms with Gasteiger partial charge < -0.3 is 14.4 Å². The Morgan fingerprint density at radius 1 is 1.32 bits per heavy atom. The van der Waals surface area contributed by atoms with Gasteiger partial charge in [0.05, 0.1) is 10.2 Å². The molecule has 164 valence electrons. The number of thiazole rings is 1. The van der Waals surface area contributed by atoms with E-state index in [4.69, 9.17) is 0 Å². The van der Waals surface area contributed by atoms with Gasteiger partial charge in [0.1, 0.15) is 5.82 Å². The highest BCUT2D eigenvalue weighted by molar-refractivity contribution is 7.79. The van der Waals surface area contributed by atoms with Crippen LogP contribution in [-0.2, 0) is 11.1 Å². The first-order valence-corrected chi connectivity index (χ1v) is 12.1. The first-order chi connectivity index (χ1) is 14.9. The summed E-state index contributed by atoms with van der Waals surface area (Å²) in [6.07, 6.45) is 0.405. The van der Waals surface area contributed by atoms with Crippen LogP contribution in [0.1, 0.15) is 41.4 Å². The van der Waals surface area contributed by atoms with Crippen molar-refractivity contribution in [2.45, 2.75) is 31.6 Å². The molecule has 1 aliphatic rings. The number of carbonyl (C=O) groups is 1. The fraction of sp³-hybridized carbons (Fsp3) is 0.364. The summed E-state index contributed by atoms with van der Waals surface area (Å²) in [5, 5.41) is 0.104. The Hall–Kier alpha value is -2.36. The van der Waals surface area contributed by atoms with Crippen LogP contribution in [-0.4, -0.2) is 50.2 Å². The molecule has 0 N–H and O–H groups in total. The molecule has 1 fully saturated rings. The van der Waals surface area contributed by atoms with Gasteiger partial charge in [0.25, 0.3) is 5.91 Å². The number of fused-ring (bicyclic) bond motifs is 1. The van der Waals surface area contributed by atoms with E-state index in [-0.39, 0.29) is 17.8 Å². The molecule has 1 saturated heterocycles. The van der Waals surface area contributed by atoms with Crippen molar-refractivity contribution in [3.05, 3.63) is 59.4 Å². The monoisotopic (exact) mass is 460 g/mol. The maximum Gasteiger partial charge on any atom is 0.254 e. The lowest BCUT2D eigenvalue weighted by Gasteiger charge is -2.40. The number of hydrogen-bond acceptors (Lipinski definition) is 6. The van der Waals surface area contributed by atoms with Crippen molar-refractivity contribution in [3.63, 3.8) is 0 Å². The highest BCUT2D eigenvalue weighted by atomic mass is 32.2. The zero-order valence-corrected chi connectivity index (χ0v) is 18.9. The van der Waals surface area contributed by atoms with Gasteiger partial charge in [-0.25, -0.2) is 9.37 Å². The van der Waals surface area contributed by atoms with Crippen LogP contribution in [0.15, 0.2) is 42.5 Å². The molecule has 0 saturated carbocycles. The molecule has 2 heterocycles. The molecule has 1 aromatic heterocycles. The number of carbonyl (C=O) groups excluding carboxylic acids is 1. The molecule has 9 heteroatoms. The number of halogens is 1. The molecule has 0 spiro atoms. The molecule has 3 aromatic rings. The van der Waals surface area contributed by atoms with E-state index in [1.807, 2.05) is 6.92 Å². The maximum atomic E-state index is 13.5. The molecule has 1 amide bonds. The van der Waals surface area contributed by atoms with Gasteiger partial charge >= 0.3 is 0 Å². The summed E-state index contributed by atoms with van der Waals surface area (Å²) in [7, 11) is 0. The molecule has 4 rings (SSSR count). The van der Waals surface area contributed by atoms with Gasteiger partial charge in [-0.3, -0.25) is 9.00 Å². The summed E-state index contributed by atoms with van der Waals surface area (Å²) in [6.45, 7) is 5.47. The highest BCUT2D eigenvalue weighted by Gasteiger charge is 2.31. The minimum Gasteiger partial charge on any atom is -0.772 e. The van der Waals surface area contributed by atoms with Crippen LogP contribution in [0.3, 0.4) is 0 Å². The third-order valence-electron chi connectivity index (χ3n) is 5.64. The topological polar surface area (TPSA) is 76.6 Å². The Balaban J connectivity index is 1.54.